The Hall–Kier alpha value is -1.38. The van der Waals surface area contributed by atoms with Crippen LogP contribution < -0.4 is 5.30 Å². The molecule has 1 aromatic carbocycles. The van der Waals surface area contributed by atoms with Crippen LogP contribution in [0.1, 0.15) is 6.92 Å². The predicted molar refractivity (Wildman–Crippen MR) is 82.5 cm³/mol. The second-order valence-electron chi connectivity index (χ2n) is 6.46. The lowest BCUT2D eigenvalue weighted by Gasteiger charge is -2.51. The number of hydrogen-bond donors (Lipinski definition) is 0. The number of allylic oxidation sites excluding steroid dienone is 2. The summed E-state index contributed by atoms with van der Waals surface area (Å²) in [4.78, 5) is 24.2. The molecule has 2 saturated heterocycles. The summed E-state index contributed by atoms with van der Waals surface area (Å²) in [5.74, 6) is -2.40. The highest BCUT2D eigenvalue weighted by atomic mass is 35.5. The van der Waals surface area contributed by atoms with Crippen molar-refractivity contribution in [3.63, 3.8) is 0 Å². The fourth-order valence-corrected chi connectivity index (χ4v) is 8.65. The summed E-state index contributed by atoms with van der Waals surface area (Å²) in [6.07, 6.45) is 2.02. The Bertz CT molecular complexity index is 772. The Morgan fingerprint density at radius 1 is 1.23 bits per heavy atom. The molecule has 3 heterocycles. The molecule has 0 aromatic heterocycles. The fourth-order valence-electron chi connectivity index (χ4n) is 4.19. The maximum Gasteiger partial charge on any atom is 0.318 e. The number of benzene rings is 1. The lowest BCUT2D eigenvalue weighted by molar-refractivity contribution is -0.154. The van der Waals surface area contributed by atoms with E-state index in [1.54, 1.807) is 6.08 Å². The smallest absolute Gasteiger partial charge is 0.318 e. The van der Waals surface area contributed by atoms with Crippen LogP contribution in [-0.4, -0.2) is 23.8 Å². The van der Waals surface area contributed by atoms with E-state index in [1.807, 2.05) is 37.3 Å². The van der Waals surface area contributed by atoms with Gasteiger partial charge in [0.05, 0.1) is 17.5 Å². The van der Waals surface area contributed by atoms with Crippen LogP contribution in [0.3, 0.4) is 0 Å². The van der Waals surface area contributed by atoms with Gasteiger partial charge in [0, 0.05) is 21.9 Å². The first kappa shape index (κ1) is 14.2. The molecule has 1 unspecified atom stereocenters. The van der Waals surface area contributed by atoms with Gasteiger partial charge in [0.15, 0.2) is 0 Å². The summed E-state index contributed by atoms with van der Waals surface area (Å²) in [7, 11) is -2.88. The van der Waals surface area contributed by atoms with Gasteiger partial charge in [-0.15, -0.1) is 0 Å². The Kier molecular flexibility index (Phi) is 2.80. The summed E-state index contributed by atoms with van der Waals surface area (Å²) in [6.45, 7) is 1.81. The number of esters is 2. The molecule has 3 aliphatic heterocycles. The molecule has 2 bridgehead atoms. The van der Waals surface area contributed by atoms with Crippen LogP contribution in [0.2, 0.25) is 0 Å². The minimum atomic E-state index is -2.88. The van der Waals surface area contributed by atoms with Crippen LogP contribution in [0.15, 0.2) is 41.4 Å². The van der Waals surface area contributed by atoms with Crippen LogP contribution in [-0.2, 0) is 18.9 Å². The van der Waals surface area contributed by atoms with E-state index in [0.717, 1.165) is 5.30 Å². The van der Waals surface area contributed by atoms with Gasteiger partial charge < -0.3 is 9.30 Å². The molecule has 0 amide bonds. The standard InChI is InChI=1S/C16H14ClO4P/c1-16-8-22(20,9-5-3-2-4-6-9)10(7-11(16)17)12-13(16)15(19)21-14(12)18/h2-7,10,12-13H,8H2,1H3/t10-,12+,13-,16+,22?/m0/s1. The molecule has 114 valence electrons. The molecule has 1 aliphatic carbocycles. The normalized spacial score (nSPS) is 42.8. The van der Waals surface area contributed by atoms with Gasteiger partial charge in [0.1, 0.15) is 7.14 Å². The van der Waals surface area contributed by atoms with Crippen LogP contribution in [0.5, 0.6) is 0 Å². The predicted octanol–water partition coefficient (Wildman–Crippen LogP) is 2.52. The van der Waals surface area contributed by atoms with Gasteiger partial charge in [-0.3, -0.25) is 9.59 Å². The third kappa shape index (κ3) is 1.57. The average molecular weight is 337 g/mol. The monoisotopic (exact) mass is 336 g/mol. The highest BCUT2D eigenvalue weighted by Crippen LogP contribution is 2.71. The maximum atomic E-state index is 13.8. The molecule has 0 spiro atoms. The van der Waals surface area contributed by atoms with Gasteiger partial charge in [0.25, 0.3) is 0 Å². The van der Waals surface area contributed by atoms with Crippen molar-refractivity contribution in [1.82, 2.24) is 0 Å². The van der Waals surface area contributed by atoms with Gasteiger partial charge >= 0.3 is 11.9 Å². The average Bonchev–Trinajstić information content (AvgIpc) is 2.79. The molecule has 2 fully saturated rings. The lowest BCUT2D eigenvalue weighted by atomic mass is 9.67. The summed E-state index contributed by atoms with van der Waals surface area (Å²) in [6, 6.07) is 9.17. The second kappa shape index (κ2) is 4.33. The van der Waals surface area contributed by atoms with Crippen LogP contribution in [0.4, 0.5) is 0 Å². The zero-order valence-corrected chi connectivity index (χ0v) is 13.5. The Morgan fingerprint density at radius 2 is 1.91 bits per heavy atom. The van der Waals surface area contributed by atoms with Gasteiger partial charge in [-0.05, 0) is 0 Å². The topological polar surface area (TPSA) is 60.4 Å². The molecule has 5 rings (SSSR count). The van der Waals surface area contributed by atoms with Gasteiger partial charge in [-0.1, -0.05) is 54.9 Å². The highest BCUT2D eigenvalue weighted by molar-refractivity contribution is 7.72. The minimum absolute atomic E-state index is 0.299. The maximum absolute atomic E-state index is 13.8. The molecule has 6 heteroatoms. The number of hydrogen-bond acceptors (Lipinski definition) is 4. The SMILES string of the molecule is C[C@@]12CP(=O)(c3ccccc3)[C@@H](C=C1Cl)[C@H]1C(=O)OC(=O)[C@H]12. The lowest BCUT2D eigenvalue weighted by Crippen LogP contribution is -2.53. The molecular formula is C16H14ClO4P. The number of rotatable bonds is 1. The Morgan fingerprint density at radius 3 is 2.59 bits per heavy atom. The zero-order valence-electron chi connectivity index (χ0n) is 11.9. The molecule has 22 heavy (non-hydrogen) atoms. The molecule has 4 nitrogen and oxygen atoms in total. The van der Waals surface area contributed by atoms with Crippen molar-refractivity contribution < 1.29 is 18.9 Å². The van der Waals surface area contributed by atoms with E-state index >= 15 is 0 Å². The first-order valence-electron chi connectivity index (χ1n) is 7.16. The van der Waals surface area contributed by atoms with Crippen molar-refractivity contribution in [2.75, 3.05) is 6.16 Å². The highest BCUT2D eigenvalue weighted by Gasteiger charge is 2.68. The van der Waals surface area contributed by atoms with Crippen LogP contribution in [0.25, 0.3) is 0 Å². The number of carbonyl (C=O) groups is 2. The Balaban J connectivity index is 1.94. The van der Waals surface area contributed by atoms with Crippen molar-refractivity contribution in [3.8, 4) is 0 Å². The van der Waals surface area contributed by atoms with Crippen molar-refractivity contribution in [1.29, 1.82) is 0 Å². The van der Waals surface area contributed by atoms with Gasteiger partial charge in [-0.25, -0.2) is 0 Å². The summed E-state index contributed by atoms with van der Waals surface area (Å²) < 4.78 is 18.6. The molecule has 0 radical (unpaired) electrons. The molecule has 1 aromatic rings. The third-order valence-electron chi connectivity index (χ3n) is 5.24. The summed E-state index contributed by atoms with van der Waals surface area (Å²) >= 11 is 6.37. The Labute approximate surface area is 132 Å². The number of cyclic esters (lactones) is 2. The van der Waals surface area contributed by atoms with Crippen LogP contribution in [0, 0.1) is 17.3 Å². The second-order valence-corrected chi connectivity index (χ2v) is 9.88. The van der Waals surface area contributed by atoms with Gasteiger partial charge in [0.2, 0.25) is 0 Å². The molecule has 4 aliphatic rings. The van der Waals surface area contributed by atoms with E-state index in [1.165, 1.54) is 0 Å². The summed E-state index contributed by atoms with van der Waals surface area (Å²) in [5, 5.41) is 1.25. The van der Waals surface area contributed by atoms with E-state index < -0.39 is 42.0 Å². The van der Waals surface area contributed by atoms with E-state index in [9.17, 15) is 14.2 Å². The van der Waals surface area contributed by atoms with E-state index in [4.69, 9.17) is 16.3 Å². The molecule has 5 atom stereocenters. The number of carbonyl (C=O) groups excluding carboxylic acids is 2. The summed E-state index contributed by atoms with van der Waals surface area (Å²) in [5.41, 5.74) is -1.34. The molecule has 0 saturated carbocycles. The first-order chi connectivity index (χ1) is 10.4. The van der Waals surface area contributed by atoms with E-state index in [-0.39, 0.29) is 0 Å². The van der Waals surface area contributed by atoms with E-state index in [0.29, 0.717) is 11.2 Å². The number of halogens is 1. The minimum Gasteiger partial charge on any atom is -0.393 e. The van der Waals surface area contributed by atoms with Crippen molar-refractivity contribution in [2.45, 2.75) is 12.6 Å². The van der Waals surface area contributed by atoms with Crippen molar-refractivity contribution in [2.24, 2.45) is 17.3 Å². The van der Waals surface area contributed by atoms with Crippen molar-refractivity contribution in [3.05, 3.63) is 41.4 Å². The van der Waals surface area contributed by atoms with Gasteiger partial charge in [-0.2, -0.15) is 0 Å². The molecular weight excluding hydrogens is 323 g/mol. The van der Waals surface area contributed by atoms with E-state index in [2.05, 4.69) is 0 Å². The fraction of sp³-hybridized carbons (Fsp3) is 0.375. The quantitative estimate of drug-likeness (QED) is 0.449. The molecule has 0 N–H and O–H groups in total. The van der Waals surface area contributed by atoms with Crippen LogP contribution >= 0.6 is 18.7 Å². The zero-order chi connectivity index (χ0) is 15.7. The largest absolute Gasteiger partial charge is 0.393 e. The van der Waals surface area contributed by atoms with Crippen molar-refractivity contribution >= 4 is 36.0 Å². The number of fused-ring (bicyclic) bond motifs is 1. The first-order valence-corrected chi connectivity index (χ1v) is 9.49. The third-order valence-corrected chi connectivity index (χ3v) is 9.53. The number of ether oxygens (including phenoxy) is 1.